The summed E-state index contributed by atoms with van der Waals surface area (Å²) in [5.74, 6) is 0.755. The predicted molar refractivity (Wildman–Crippen MR) is 94.0 cm³/mol. The minimum absolute atomic E-state index is 0. The summed E-state index contributed by atoms with van der Waals surface area (Å²) in [5.41, 5.74) is 1.14. The summed E-state index contributed by atoms with van der Waals surface area (Å²) in [5, 5.41) is 25.0. The summed E-state index contributed by atoms with van der Waals surface area (Å²) in [4.78, 5) is 12.6. The fourth-order valence-electron chi connectivity index (χ4n) is 3.68. The molecule has 1 saturated heterocycles. The number of benzene rings is 1. The number of aliphatic hydroxyl groups is 1. The van der Waals surface area contributed by atoms with Gasteiger partial charge in [-0.25, -0.2) is 0 Å². The van der Waals surface area contributed by atoms with Crippen LogP contribution in [0.25, 0.3) is 0 Å². The molecule has 1 aromatic carbocycles. The Morgan fingerprint density at radius 2 is 1.83 bits per heavy atom. The number of amides is 1. The molecule has 1 amide bonds. The third kappa shape index (κ3) is 4.27. The lowest BCUT2D eigenvalue weighted by Gasteiger charge is -2.43. The summed E-state index contributed by atoms with van der Waals surface area (Å²) in [6, 6.07) is 8.92. The van der Waals surface area contributed by atoms with Crippen LogP contribution in [0.5, 0.6) is 0 Å². The van der Waals surface area contributed by atoms with Crippen LogP contribution in [0.3, 0.4) is 0 Å². The van der Waals surface area contributed by atoms with E-state index >= 15 is 0 Å². The van der Waals surface area contributed by atoms with Gasteiger partial charge in [-0.05, 0) is 74.9 Å². The van der Waals surface area contributed by atoms with Gasteiger partial charge in [0.1, 0.15) is 0 Å². The van der Waals surface area contributed by atoms with E-state index < -0.39 is 0 Å². The van der Waals surface area contributed by atoms with Crippen LogP contribution in [0.4, 0.5) is 0 Å². The molecule has 2 aliphatic rings. The third-order valence-electron chi connectivity index (χ3n) is 5.12. The standard InChI is InChI=1S/C18H23N3O2.ClH/c19-11-12-1-3-14(4-2-12)18(23)21-17(15-9-16(22)10-15)13-5-7-20-8-6-13;/h1-4,13,15-17,20,22H,5-10H2,(H,21,23);1H. The highest BCUT2D eigenvalue weighted by atomic mass is 35.5. The van der Waals surface area contributed by atoms with Gasteiger partial charge >= 0.3 is 0 Å². The molecular formula is C18H24ClN3O2. The Morgan fingerprint density at radius 3 is 2.38 bits per heavy atom. The lowest BCUT2D eigenvalue weighted by molar-refractivity contribution is 0.00919. The highest BCUT2D eigenvalue weighted by Crippen LogP contribution is 2.35. The summed E-state index contributed by atoms with van der Waals surface area (Å²) >= 11 is 0. The fraction of sp³-hybridized carbons (Fsp3) is 0.556. The molecule has 1 heterocycles. The number of halogens is 1. The number of rotatable bonds is 4. The van der Waals surface area contributed by atoms with Crippen LogP contribution in [0.1, 0.15) is 41.6 Å². The van der Waals surface area contributed by atoms with Gasteiger partial charge < -0.3 is 15.7 Å². The van der Waals surface area contributed by atoms with Gasteiger partial charge in [0.05, 0.1) is 17.7 Å². The Kier molecular flexibility index (Phi) is 6.61. The third-order valence-corrected chi connectivity index (χ3v) is 5.12. The van der Waals surface area contributed by atoms with E-state index in [0.29, 0.717) is 23.0 Å². The zero-order valence-electron chi connectivity index (χ0n) is 13.6. The van der Waals surface area contributed by atoms with Crippen molar-refractivity contribution in [3.63, 3.8) is 0 Å². The van der Waals surface area contributed by atoms with Gasteiger partial charge in [-0.3, -0.25) is 4.79 Å². The van der Waals surface area contributed by atoms with E-state index in [1.165, 1.54) is 0 Å². The van der Waals surface area contributed by atoms with Crippen molar-refractivity contribution in [1.82, 2.24) is 10.6 Å². The number of hydrogen-bond donors (Lipinski definition) is 3. The average Bonchev–Trinajstić information content (AvgIpc) is 2.58. The molecule has 1 aliphatic heterocycles. The molecule has 6 heteroatoms. The van der Waals surface area contributed by atoms with Crippen molar-refractivity contribution in [2.24, 2.45) is 11.8 Å². The molecule has 24 heavy (non-hydrogen) atoms. The second-order valence-corrected chi connectivity index (χ2v) is 6.66. The molecule has 130 valence electrons. The van der Waals surface area contributed by atoms with E-state index in [9.17, 15) is 9.90 Å². The van der Waals surface area contributed by atoms with Crippen LogP contribution in [-0.2, 0) is 0 Å². The first-order valence-electron chi connectivity index (χ1n) is 8.37. The first-order valence-corrected chi connectivity index (χ1v) is 8.37. The van der Waals surface area contributed by atoms with Crippen molar-refractivity contribution in [2.45, 2.75) is 37.8 Å². The highest BCUT2D eigenvalue weighted by molar-refractivity contribution is 5.94. The van der Waals surface area contributed by atoms with Crippen LogP contribution < -0.4 is 10.6 Å². The van der Waals surface area contributed by atoms with E-state index in [2.05, 4.69) is 16.7 Å². The van der Waals surface area contributed by atoms with Crippen molar-refractivity contribution in [3.05, 3.63) is 35.4 Å². The first kappa shape index (κ1) is 18.7. The Balaban J connectivity index is 0.00000208. The maximum absolute atomic E-state index is 12.6. The quantitative estimate of drug-likeness (QED) is 0.774. The fourth-order valence-corrected chi connectivity index (χ4v) is 3.68. The van der Waals surface area contributed by atoms with Crippen LogP contribution in [-0.4, -0.2) is 36.2 Å². The van der Waals surface area contributed by atoms with Crippen LogP contribution in [0.15, 0.2) is 24.3 Å². The molecular weight excluding hydrogens is 326 g/mol. The van der Waals surface area contributed by atoms with Gasteiger partial charge in [-0.15, -0.1) is 12.4 Å². The van der Waals surface area contributed by atoms with Crippen LogP contribution in [0, 0.1) is 23.2 Å². The Labute approximate surface area is 148 Å². The summed E-state index contributed by atoms with van der Waals surface area (Å²) in [6.07, 6.45) is 3.47. The van der Waals surface area contributed by atoms with E-state index in [0.717, 1.165) is 38.8 Å². The smallest absolute Gasteiger partial charge is 0.251 e. The molecule has 0 aromatic heterocycles. The summed E-state index contributed by atoms with van der Waals surface area (Å²) < 4.78 is 0. The second-order valence-electron chi connectivity index (χ2n) is 6.66. The highest BCUT2D eigenvalue weighted by Gasteiger charge is 2.39. The molecule has 1 aromatic rings. The number of hydrogen-bond acceptors (Lipinski definition) is 4. The van der Waals surface area contributed by atoms with Gasteiger partial charge in [0.2, 0.25) is 0 Å². The number of piperidine rings is 1. The van der Waals surface area contributed by atoms with E-state index in [-0.39, 0.29) is 30.5 Å². The number of aliphatic hydroxyl groups excluding tert-OH is 1. The average molecular weight is 350 g/mol. The van der Waals surface area contributed by atoms with Crippen molar-refractivity contribution >= 4 is 18.3 Å². The molecule has 0 bridgehead atoms. The van der Waals surface area contributed by atoms with Crippen molar-refractivity contribution in [1.29, 1.82) is 5.26 Å². The second kappa shape index (κ2) is 8.48. The van der Waals surface area contributed by atoms with E-state index in [1.54, 1.807) is 24.3 Å². The Hall–Kier alpha value is -1.61. The molecule has 3 N–H and O–H groups in total. The maximum Gasteiger partial charge on any atom is 0.251 e. The molecule has 5 nitrogen and oxygen atoms in total. The molecule has 1 atom stereocenters. The van der Waals surface area contributed by atoms with Gasteiger partial charge in [-0.2, -0.15) is 5.26 Å². The van der Waals surface area contributed by atoms with Crippen molar-refractivity contribution in [2.75, 3.05) is 13.1 Å². The summed E-state index contributed by atoms with van der Waals surface area (Å²) in [6.45, 7) is 1.98. The normalized spacial score (nSPS) is 24.8. The lowest BCUT2D eigenvalue weighted by atomic mass is 9.71. The molecule has 0 radical (unpaired) electrons. The molecule has 1 aliphatic carbocycles. The molecule has 2 fully saturated rings. The minimum Gasteiger partial charge on any atom is -0.393 e. The number of carbonyl (C=O) groups is 1. The number of nitrogens with zero attached hydrogens (tertiary/aromatic N) is 1. The molecule has 3 rings (SSSR count). The summed E-state index contributed by atoms with van der Waals surface area (Å²) in [7, 11) is 0. The number of nitrogens with one attached hydrogen (secondary N) is 2. The van der Waals surface area contributed by atoms with E-state index in [1.807, 2.05) is 0 Å². The van der Waals surface area contributed by atoms with Gasteiger partial charge in [-0.1, -0.05) is 0 Å². The molecule has 0 spiro atoms. The van der Waals surface area contributed by atoms with Gasteiger partial charge in [0, 0.05) is 11.6 Å². The topological polar surface area (TPSA) is 85.2 Å². The molecule has 1 saturated carbocycles. The number of nitriles is 1. The van der Waals surface area contributed by atoms with Crippen molar-refractivity contribution < 1.29 is 9.90 Å². The monoisotopic (exact) mass is 349 g/mol. The Morgan fingerprint density at radius 1 is 1.21 bits per heavy atom. The minimum atomic E-state index is -0.212. The Bertz CT molecular complexity index is 587. The number of carbonyl (C=O) groups excluding carboxylic acids is 1. The largest absolute Gasteiger partial charge is 0.393 e. The van der Waals surface area contributed by atoms with E-state index in [4.69, 9.17) is 5.26 Å². The molecule has 1 unspecified atom stereocenters. The van der Waals surface area contributed by atoms with Gasteiger partial charge in [0.15, 0.2) is 0 Å². The van der Waals surface area contributed by atoms with Gasteiger partial charge in [0.25, 0.3) is 5.91 Å². The zero-order valence-corrected chi connectivity index (χ0v) is 14.4. The lowest BCUT2D eigenvalue weighted by Crippen LogP contribution is -2.52. The SMILES string of the molecule is Cl.N#Cc1ccc(C(=O)NC(C2CCNCC2)C2CC(O)C2)cc1. The van der Waals surface area contributed by atoms with Crippen LogP contribution >= 0.6 is 12.4 Å². The first-order chi connectivity index (χ1) is 11.2. The van der Waals surface area contributed by atoms with Crippen molar-refractivity contribution in [3.8, 4) is 6.07 Å². The predicted octanol–water partition coefficient (Wildman–Crippen LogP) is 1.85. The maximum atomic E-state index is 12.6. The van der Waals surface area contributed by atoms with Crippen LogP contribution in [0.2, 0.25) is 0 Å². The zero-order chi connectivity index (χ0) is 16.2.